The molecule has 0 aliphatic rings. The van der Waals surface area contributed by atoms with Crippen LogP contribution in [0.3, 0.4) is 0 Å². The largest absolute Gasteiger partial charge is 0.467 e. The second-order valence-electron chi connectivity index (χ2n) is 7.73. The first-order chi connectivity index (χ1) is 16.3. The van der Waals surface area contributed by atoms with Crippen LogP contribution in [0.15, 0.2) is 48.5 Å². The summed E-state index contributed by atoms with van der Waals surface area (Å²) < 4.78 is 10.3. The molecule has 0 saturated carbocycles. The van der Waals surface area contributed by atoms with Gasteiger partial charge in [-0.1, -0.05) is 30.3 Å². The van der Waals surface area contributed by atoms with Crippen molar-refractivity contribution in [2.75, 3.05) is 31.3 Å². The van der Waals surface area contributed by atoms with Gasteiger partial charge in [-0.3, -0.25) is 9.59 Å². The number of methoxy groups -OCH3 is 1. The third-order valence-electron chi connectivity index (χ3n) is 5.06. The third kappa shape index (κ3) is 8.47. The Hall–Kier alpha value is -3.47. The monoisotopic (exact) mass is 471 g/mol. The molecule has 2 atom stereocenters. The summed E-state index contributed by atoms with van der Waals surface area (Å²) in [6.45, 7) is 0.818. The SMILES string of the molecule is COC(=O)[C@H](CCCCN)NC(=O)c1ccc(N)c(NC(=O)[C@@H](N)COCc2ccccc2)c1. The maximum Gasteiger partial charge on any atom is 0.328 e. The number of amides is 2. The number of unbranched alkanes of at least 4 members (excludes halogenated alkanes) is 1. The number of carbonyl (C=O) groups excluding carboxylic acids is 3. The number of anilines is 2. The number of benzene rings is 2. The number of hydrogen-bond acceptors (Lipinski definition) is 8. The van der Waals surface area contributed by atoms with Crippen LogP contribution in [0.25, 0.3) is 0 Å². The van der Waals surface area contributed by atoms with Crippen molar-refractivity contribution in [3.05, 3.63) is 59.7 Å². The van der Waals surface area contributed by atoms with Gasteiger partial charge in [0.15, 0.2) is 0 Å². The van der Waals surface area contributed by atoms with Gasteiger partial charge in [0.25, 0.3) is 5.91 Å². The van der Waals surface area contributed by atoms with Crippen molar-refractivity contribution in [2.45, 2.75) is 38.0 Å². The van der Waals surface area contributed by atoms with Crippen molar-refractivity contribution in [2.24, 2.45) is 11.5 Å². The minimum Gasteiger partial charge on any atom is -0.467 e. The van der Waals surface area contributed by atoms with Gasteiger partial charge in [0.1, 0.15) is 12.1 Å². The van der Waals surface area contributed by atoms with E-state index in [1.807, 2.05) is 30.3 Å². The Bertz CT molecular complexity index is 954. The molecule has 0 fully saturated rings. The highest BCUT2D eigenvalue weighted by Crippen LogP contribution is 2.20. The predicted octanol–water partition coefficient (Wildman–Crippen LogP) is 1.15. The summed E-state index contributed by atoms with van der Waals surface area (Å²) in [7, 11) is 1.26. The Kier molecular flexibility index (Phi) is 11.0. The maximum atomic E-state index is 12.7. The molecule has 0 aromatic heterocycles. The molecule has 0 bridgehead atoms. The molecule has 2 rings (SSSR count). The minimum atomic E-state index is -0.938. The first kappa shape index (κ1) is 26.8. The van der Waals surface area contributed by atoms with Crippen LogP contribution in [0.1, 0.15) is 35.2 Å². The van der Waals surface area contributed by atoms with Gasteiger partial charge in [-0.05, 0) is 49.6 Å². The quantitative estimate of drug-likeness (QED) is 0.164. The smallest absolute Gasteiger partial charge is 0.328 e. The topological polar surface area (TPSA) is 172 Å². The Morgan fingerprint density at radius 3 is 2.47 bits per heavy atom. The lowest BCUT2D eigenvalue weighted by Crippen LogP contribution is -2.41. The Morgan fingerprint density at radius 2 is 1.79 bits per heavy atom. The lowest BCUT2D eigenvalue weighted by Gasteiger charge is -2.18. The van der Waals surface area contributed by atoms with E-state index in [1.54, 1.807) is 0 Å². The van der Waals surface area contributed by atoms with Crippen LogP contribution in [0.4, 0.5) is 11.4 Å². The molecule has 0 spiro atoms. The Labute approximate surface area is 199 Å². The van der Waals surface area contributed by atoms with Gasteiger partial charge < -0.3 is 37.3 Å². The normalized spacial score (nSPS) is 12.4. The van der Waals surface area contributed by atoms with E-state index in [-0.39, 0.29) is 23.5 Å². The van der Waals surface area contributed by atoms with Crippen molar-refractivity contribution in [3.63, 3.8) is 0 Å². The van der Waals surface area contributed by atoms with E-state index in [9.17, 15) is 14.4 Å². The van der Waals surface area contributed by atoms with Crippen molar-refractivity contribution < 1.29 is 23.9 Å². The van der Waals surface area contributed by atoms with E-state index in [0.29, 0.717) is 26.0 Å². The highest BCUT2D eigenvalue weighted by atomic mass is 16.5. The van der Waals surface area contributed by atoms with E-state index in [2.05, 4.69) is 10.6 Å². The summed E-state index contributed by atoms with van der Waals surface area (Å²) in [6, 6.07) is 12.2. The van der Waals surface area contributed by atoms with Gasteiger partial charge in [0, 0.05) is 5.56 Å². The number of ether oxygens (including phenoxy) is 2. The zero-order chi connectivity index (χ0) is 24.9. The fourth-order valence-electron chi connectivity index (χ4n) is 3.11. The standard InChI is InChI=1S/C24H33N5O5/c1-33-24(32)20(9-5-6-12-25)28-22(30)17-10-11-18(26)21(13-17)29-23(31)19(27)15-34-14-16-7-3-2-4-8-16/h2-4,7-8,10-11,13,19-20H,5-6,9,12,14-15,25-27H2,1H3,(H,28,30)(H,29,31)/t19-,20-/m0/s1. The minimum absolute atomic E-state index is 0.00438. The molecule has 0 aliphatic heterocycles. The van der Waals surface area contributed by atoms with Gasteiger partial charge in [-0.2, -0.15) is 0 Å². The summed E-state index contributed by atoms with van der Waals surface area (Å²) >= 11 is 0. The molecule has 10 nitrogen and oxygen atoms in total. The summed E-state index contributed by atoms with van der Waals surface area (Å²) in [6.07, 6.45) is 1.77. The van der Waals surface area contributed by atoms with Gasteiger partial charge >= 0.3 is 5.97 Å². The molecule has 184 valence electrons. The molecule has 10 heteroatoms. The molecular formula is C24H33N5O5. The van der Waals surface area contributed by atoms with E-state index >= 15 is 0 Å². The third-order valence-corrected chi connectivity index (χ3v) is 5.06. The fourth-order valence-corrected chi connectivity index (χ4v) is 3.11. The molecule has 8 N–H and O–H groups in total. The van der Waals surface area contributed by atoms with Crippen LogP contribution in [0.5, 0.6) is 0 Å². The van der Waals surface area contributed by atoms with Crippen molar-refractivity contribution in [1.29, 1.82) is 0 Å². The first-order valence-corrected chi connectivity index (χ1v) is 11.0. The highest BCUT2D eigenvalue weighted by molar-refractivity contribution is 6.01. The summed E-state index contributed by atoms with van der Waals surface area (Å²) in [4.78, 5) is 37.2. The molecule has 0 saturated heterocycles. The average Bonchev–Trinajstić information content (AvgIpc) is 2.84. The lowest BCUT2D eigenvalue weighted by atomic mass is 10.1. The zero-order valence-corrected chi connectivity index (χ0v) is 19.3. The first-order valence-electron chi connectivity index (χ1n) is 11.0. The van der Waals surface area contributed by atoms with Crippen LogP contribution in [0, 0.1) is 0 Å². The summed E-state index contributed by atoms with van der Waals surface area (Å²) in [5, 5.41) is 5.29. The van der Waals surface area contributed by atoms with E-state index in [4.69, 9.17) is 26.7 Å². The Morgan fingerprint density at radius 1 is 1.06 bits per heavy atom. The Balaban J connectivity index is 1.97. The fraction of sp³-hybridized carbons (Fsp3) is 0.375. The zero-order valence-electron chi connectivity index (χ0n) is 19.3. The van der Waals surface area contributed by atoms with Gasteiger partial charge in [-0.25, -0.2) is 4.79 Å². The molecule has 2 aromatic rings. The van der Waals surface area contributed by atoms with Gasteiger partial charge in [0.05, 0.1) is 31.7 Å². The highest BCUT2D eigenvalue weighted by Gasteiger charge is 2.22. The van der Waals surface area contributed by atoms with E-state index in [1.165, 1.54) is 25.3 Å². The second-order valence-corrected chi connectivity index (χ2v) is 7.73. The number of nitrogen functional groups attached to an aromatic ring is 1. The van der Waals surface area contributed by atoms with E-state index in [0.717, 1.165) is 12.0 Å². The van der Waals surface area contributed by atoms with Crippen LogP contribution in [-0.4, -0.2) is 50.1 Å². The number of hydrogen-bond donors (Lipinski definition) is 5. The van der Waals surface area contributed by atoms with E-state index < -0.39 is 29.9 Å². The molecule has 2 aromatic carbocycles. The number of esters is 1. The lowest BCUT2D eigenvalue weighted by molar-refractivity contribution is -0.143. The van der Waals surface area contributed by atoms with Gasteiger partial charge in [-0.15, -0.1) is 0 Å². The molecular weight excluding hydrogens is 438 g/mol. The average molecular weight is 472 g/mol. The summed E-state index contributed by atoms with van der Waals surface area (Å²) in [5.74, 6) is -1.56. The van der Waals surface area contributed by atoms with Crippen molar-refractivity contribution in [1.82, 2.24) is 5.32 Å². The number of nitrogens with two attached hydrogens (primary N) is 3. The molecule has 34 heavy (non-hydrogen) atoms. The summed E-state index contributed by atoms with van der Waals surface area (Å²) in [5.41, 5.74) is 19.1. The molecule has 0 heterocycles. The molecule has 0 unspecified atom stereocenters. The second kappa shape index (κ2) is 13.9. The molecule has 0 radical (unpaired) electrons. The number of carbonyl (C=O) groups is 3. The number of rotatable bonds is 13. The maximum absolute atomic E-state index is 12.7. The number of nitrogens with one attached hydrogen (secondary N) is 2. The molecule has 2 amide bonds. The predicted molar refractivity (Wildman–Crippen MR) is 130 cm³/mol. The van der Waals surface area contributed by atoms with Crippen molar-refractivity contribution in [3.8, 4) is 0 Å². The van der Waals surface area contributed by atoms with Crippen LogP contribution in [0.2, 0.25) is 0 Å². The van der Waals surface area contributed by atoms with Crippen LogP contribution < -0.4 is 27.8 Å². The van der Waals surface area contributed by atoms with Crippen LogP contribution >= 0.6 is 0 Å². The van der Waals surface area contributed by atoms with Crippen LogP contribution in [-0.2, 0) is 25.7 Å². The molecule has 0 aliphatic carbocycles. The van der Waals surface area contributed by atoms with Crippen molar-refractivity contribution >= 4 is 29.2 Å². The van der Waals surface area contributed by atoms with Gasteiger partial charge in [0.2, 0.25) is 5.91 Å².